The number of para-hydroxylation sites is 1. The van der Waals surface area contributed by atoms with Crippen LogP contribution in [0.15, 0.2) is 124 Å². The molecule has 2 aromatic rings. The predicted octanol–water partition coefficient (Wildman–Crippen LogP) is 27.0. The summed E-state index contributed by atoms with van der Waals surface area (Å²) in [4.78, 5) is 10.1. The number of unbranched alkanes of at least 4 members (excludes halogenated alkanes) is 10. The maximum absolute atomic E-state index is 9.59. The molecular weight excluding hydrogens is 1350 g/mol. The van der Waals surface area contributed by atoms with E-state index >= 15 is 0 Å². The second-order valence-corrected chi connectivity index (χ2v) is 74.5. The summed E-state index contributed by atoms with van der Waals surface area (Å²) in [6.07, 6.45) is 34.7. The van der Waals surface area contributed by atoms with Gasteiger partial charge >= 0.3 is 0 Å². The molecule has 0 aromatic heterocycles. The molecule has 0 saturated heterocycles. The molecule has 2 fully saturated rings. The topological polar surface area (TPSA) is 144 Å². The minimum Gasteiger partial charge on any atom is -0.385 e. The van der Waals surface area contributed by atoms with Gasteiger partial charge in [0.1, 0.15) is 17.7 Å². The average Bonchev–Trinajstić information content (AvgIpc) is 2.34. The third-order valence-corrected chi connectivity index (χ3v) is 93.2. The Morgan fingerprint density at radius 2 is 0.955 bits per heavy atom. The second kappa shape index (κ2) is 55.6. The van der Waals surface area contributed by atoms with Gasteiger partial charge in [-0.15, -0.1) is 71.4 Å². The predicted molar refractivity (Wildman–Crippen MR) is 430 cm³/mol. The van der Waals surface area contributed by atoms with Gasteiger partial charge in [0, 0.05) is 12.2 Å². The molecule has 0 heterocycles. The van der Waals surface area contributed by atoms with E-state index in [0.717, 1.165) is 75.5 Å². The van der Waals surface area contributed by atoms with E-state index in [-0.39, 0.29) is 88.3 Å². The number of benzene rings is 2. The largest absolute Gasteiger partial charge is 0.385 e. The zero-order valence-electron chi connectivity index (χ0n) is 53.7. The Bertz CT molecular complexity index is 2860. The molecule has 4 rings (SSSR count). The molecule has 2 aromatic carbocycles. The van der Waals surface area contributed by atoms with Crippen molar-refractivity contribution in [2.75, 3.05) is 11.9 Å². The standard InChI is InChI=1S/C25H22N4.C24H30N4.C14H23N.C3H8.H16P14/c1-5-7-19-10-12-20(13-11-19)14-15-21-8-6-9-22(21)25(24(17-27)29-4)18(2)23(16-26)28-3;1-4-6-7-8-9-10-14-22(23(18-27)28-3)24(20(16-25)17-26)21-15-11-13-19(21)12-5-2;1-2-3-4-5-6-10-13-15-14-11-8-7-9-12-14;1-3-2;1-9(2)13(10(3)4)14(11(5)6)12(7)8/h5,7,10-15,21-22H,6,8-9H2,1-2H3;5,12,19,21H,4,6-11,13-15H2,1-2H3;7-9,11-12,15H,2-6,10,13H2,1H3;3H2,1-2H3;1-8H2/b7-5?,15-14?,23-18-,25-24-;12-5?,23-22+;;;. The quantitative estimate of drug-likeness (QED) is 0.0224. The zero-order chi connectivity index (χ0) is 66.9. The number of nitrogens with zero attached hydrogens (tertiary/aromatic N) is 8. The first-order chi connectivity index (χ1) is 42.9. The maximum Gasteiger partial charge on any atom is 0.265 e. The zero-order valence-corrected chi connectivity index (χ0v) is 68.3. The van der Waals surface area contributed by atoms with E-state index in [0.29, 0.717) is 28.7 Å². The third kappa shape index (κ3) is 35.1. The van der Waals surface area contributed by atoms with Crippen molar-refractivity contribution in [1.29, 1.82) is 26.3 Å². The Kier molecular flexibility index (Phi) is 54.6. The first-order valence-corrected chi connectivity index (χ1v) is 55.1. The number of rotatable bonds is 28. The van der Waals surface area contributed by atoms with Crippen LogP contribution in [-0.2, 0) is 0 Å². The molecule has 12 atom stereocenters. The van der Waals surface area contributed by atoms with Crippen molar-refractivity contribution < 1.29 is 0 Å². The van der Waals surface area contributed by atoms with Gasteiger partial charge in [0.25, 0.3) is 17.1 Å². The molecule has 0 aliphatic heterocycles. The third-order valence-electron chi connectivity index (χ3n) is 14.3. The normalized spacial score (nSPS) is 16.7. The number of hydrogen-bond donors (Lipinski definition) is 1. The Morgan fingerprint density at radius 1 is 0.528 bits per heavy atom. The van der Waals surface area contributed by atoms with Crippen LogP contribution in [0.2, 0.25) is 0 Å². The number of anilines is 1. The summed E-state index contributed by atoms with van der Waals surface area (Å²) in [5.41, 5.74) is 5.83. The van der Waals surface area contributed by atoms with Crippen molar-refractivity contribution in [3.8, 4) is 30.3 Å². The van der Waals surface area contributed by atoms with Crippen molar-refractivity contribution in [2.24, 2.45) is 23.7 Å². The molecule has 2 aliphatic rings. The van der Waals surface area contributed by atoms with Gasteiger partial charge in [-0.3, -0.25) is 0 Å². The highest BCUT2D eigenvalue weighted by Crippen LogP contribution is 3.21. The molecule has 23 heteroatoms. The van der Waals surface area contributed by atoms with Gasteiger partial charge < -0.3 is 5.32 Å². The lowest BCUT2D eigenvalue weighted by Crippen LogP contribution is -2.14. The van der Waals surface area contributed by atoms with E-state index in [2.05, 4.69) is 192 Å². The van der Waals surface area contributed by atoms with Crippen LogP contribution < -0.4 is 5.32 Å². The summed E-state index contributed by atoms with van der Waals surface area (Å²) in [5, 5.41) is 50.9. The minimum atomic E-state index is -0.0504. The molecule has 12 unspecified atom stereocenters. The molecule has 0 radical (unpaired) electrons. The first kappa shape index (κ1) is 87.4. The van der Waals surface area contributed by atoms with Crippen LogP contribution in [0.4, 0.5) is 5.69 Å². The van der Waals surface area contributed by atoms with E-state index in [1.54, 1.807) is 6.92 Å². The Labute approximate surface area is 565 Å². The molecule has 89 heavy (non-hydrogen) atoms. The van der Waals surface area contributed by atoms with Crippen molar-refractivity contribution >= 4 is 131 Å². The summed E-state index contributed by atoms with van der Waals surface area (Å²) in [6, 6.07) is 28.7. The molecule has 0 spiro atoms. The van der Waals surface area contributed by atoms with E-state index < -0.39 is 0 Å². The lowest BCUT2D eigenvalue weighted by Gasteiger charge is -2.37. The number of allylic oxidation sites excluding steroid dienone is 12. The van der Waals surface area contributed by atoms with E-state index in [1.165, 1.54) is 69.9 Å². The average molecular weight is 1450 g/mol. The summed E-state index contributed by atoms with van der Waals surface area (Å²) in [7, 11) is 24.4. The minimum absolute atomic E-state index is 0.0140. The van der Waals surface area contributed by atoms with Crippen molar-refractivity contribution in [1.82, 2.24) is 0 Å². The lowest BCUT2D eigenvalue weighted by molar-refractivity contribution is 0.524. The second-order valence-electron chi connectivity index (χ2n) is 21.0. The van der Waals surface area contributed by atoms with Crippen molar-refractivity contribution in [3.63, 3.8) is 0 Å². The van der Waals surface area contributed by atoms with Gasteiger partial charge in [-0.25, -0.2) is 30.3 Å². The fourth-order valence-electron chi connectivity index (χ4n) is 10.3. The Balaban J connectivity index is 0.00000120. The molecule has 2 saturated carbocycles. The first-order valence-electron chi connectivity index (χ1n) is 30.6. The van der Waals surface area contributed by atoms with E-state index in [4.69, 9.17) is 19.7 Å². The van der Waals surface area contributed by atoms with Crippen LogP contribution in [0.25, 0.3) is 26.7 Å². The molecule has 478 valence electrons. The van der Waals surface area contributed by atoms with Crippen LogP contribution in [0, 0.1) is 100 Å². The summed E-state index contributed by atoms with van der Waals surface area (Å²) >= 11 is 0. The van der Waals surface area contributed by atoms with Crippen LogP contribution in [0.5, 0.6) is 0 Å². The molecule has 2 aliphatic carbocycles. The van der Waals surface area contributed by atoms with Crippen molar-refractivity contribution in [3.05, 3.63) is 169 Å². The highest BCUT2D eigenvalue weighted by atomic mass is 33.3. The monoisotopic (exact) mass is 1450 g/mol. The van der Waals surface area contributed by atoms with Crippen LogP contribution >= 0.6 is 113 Å². The Morgan fingerprint density at radius 3 is 1.37 bits per heavy atom. The van der Waals surface area contributed by atoms with Gasteiger partial charge in [-0.2, -0.15) is 10.5 Å². The van der Waals surface area contributed by atoms with Crippen LogP contribution in [0.1, 0.15) is 188 Å². The van der Waals surface area contributed by atoms with E-state index in [9.17, 15) is 26.3 Å². The highest BCUT2D eigenvalue weighted by molar-refractivity contribution is 9.27. The smallest absolute Gasteiger partial charge is 0.265 e. The molecule has 9 nitrogen and oxygen atoms in total. The molecular formula is C66H99N9P14. The van der Waals surface area contributed by atoms with Gasteiger partial charge in [0.05, 0.1) is 37.9 Å². The lowest BCUT2D eigenvalue weighted by atomic mass is 9.79. The molecule has 1 N–H and O–H groups in total. The fourth-order valence-corrected chi connectivity index (χ4v) is 157. The van der Waals surface area contributed by atoms with Crippen LogP contribution in [0.3, 0.4) is 0 Å². The molecule has 0 amide bonds. The van der Waals surface area contributed by atoms with Gasteiger partial charge in [0.15, 0.2) is 0 Å². The maximum atomic E-state index is 9.59. The number of hydrogen-bond acceptors (Lipinski definition) is 6. The fraction of sp³-hybridized carbons (Fsp3) is 0.485. The van der Waals surface area contributed by atoms with Crippen molar-refractivity contribution in [2.45, 2.75) is 177 Å². The van der Waals surface area contributed by atoms with E-state index in [1.807, 2.05) is 62.4 Å². The number of nitrogens with one attached hydrogen (secondary N) is 1. The summed E-state index contributed by atoms with van der Waals surface area (Å²) in [5.74, 6) is 0.404. The van der Waals surface area contributed by atoms with Gasteiger partial charge in [-0.1, -0.05) is 197 Å². The van der Waals surface area contributed by atoms with Crippen LogP contribution in [-0.4, -0.2) is 6.54 Å². The highest BCUT2D eigenvalue weighted by Gasteiger charge is 2.35. The Hall–Kier alpha value is -1.64. The van der Waals surface area contributed by atoms with Gasteiger partial charge in [0.2, 0.25) is 0 Å². The molecule has 0 bridgehead atoms. The summed E-state index contributed by atoms with van der Waals surface area (Å²) < 4.78 is 0. The summed E-state index contributed by atoms with van der Waals surface area (Å²) in [6.45, 7) is 38.3. The SMILES string of the molecule is CCC.CCCCCCCCNc1ccccc1.PP(P)P(P(P)P)P(P(P)P)P(P)P.[C-]#[N+]/C(C#N)=C(C)\C(=C(/C#N)[N+]#[C-])C1CCCC1C=Cc1ccc(C=CC)cc1.[C-]#[N+]/C(C#N)=C(\CCCCCCCC)C(=C(C#N)C#N)C1CCCC1C=CC. The van der Waals surface area contributed by atoms with Gasteiger partial charge in [-0.05, 0) is 170 Å². The number of nitriles is 5.